The van der Waals surface area contributed by atoms with Gasteiger partial charge in [0.05, 0.1) is 11.2 Å². The van der Waals surface area contributed by atoms with Crippen molar-refractivity contribution >= 4 is 0 Å². The largest absolute Gasteiger partial charge is 0.390 e. The van der Waals surface area contributed by atoms with Gasteiger partial charge < -0.3 is 20.8 Å². The molecule has 0 bridgehead atoms. The van der Waals surface area contributed by atoms with E-state index in [4.69, 9.17) is 0 Å². The summed E-state index contributed by atoms with van der Waals surface area (Å²) in [4.78, 5) is 0. The van der Waals surface area contributed by atoms with Crippen LogP contribution in [0.5, 0.6) is 0 Å². The molecule has 0 spiro atoms. The van der Waals surface area contributed by atoms with Crippen LogP contribution < -0.4 is 10.6 Å². The molecule has 1 aliphatic rings. The molecule has 4 heteroatoms. The second-order valence-corrected chi connectivity index (χ2v) is 15.5. The molecule has 1 aromatic rings. The van der Waals surface area contributed by atoms with Gasteiger partial charge in [-0.25, -0.2) is 0 Å². The van der Waals surface area contributed by atoms with Crippen LogP contribution in [0.15, 0.2) is 47.6 Å². The van der Waals surface area contributed by atoms with Crippen LogP contribution in [0.25, 0.3) is 0 Å². The Morgan fingerprint density at radius 3 is 1.50 bits per heavy atom. The van der Waals surface area contributed by atoms with Crippen LogP contribution in [0.3, 0.4) is 0 Å². The van der Waals surface area contributed by atoms with E-state index in [0.29, 0.717) is 35.8 Å². The van der Waals surface area contributed by atoms with Crippen LogP contribution in [0, 0.1) is 24.7 Å². The number of nitrogens with one attached hydrogen (secondary N) is 2. The molecule has 4 nitrogen and oxygen atoms in total. The molecule has 0 radical (unpaired) electrons. The fraction of sp³-hybridized carbons (Fsp3) is 0.737. The highest BCUT2D eigenvalue weighted by Crippen LogP contribution is 2.29. The number of allylic oxidation sites excluding steroid dienone is 4. The first-order valence-electron chi connectivity index (χ1n) is 16.7. The maximum Gasteiger partial charge on any atom is 0.0606 e. The van der Waals surface area contributed by atoms with Crippen molar-refractivity contribution in [1.82, 2.24) is 10.6 Å². The second-order valence-electron chi connectivity index (χ2n) is 15.5. The quantitative estimate of drug-likeness (QED) is 0.157. The Morgan fingerprint density at radius 2 is 1.12 bits per heavy atom. The molecule has 242 valence electrons. The monoisotopic (exact) mass is 585 g/mol. The summed E-state index contributed by atoms with van der Waals surface area (Å²) in [5.74, 6) is 2.35. The molecule has 4 atom stereocenters. The van der Waals surface area contributed by atoms with Crippen molar-refractivity contribution < 1.29 is 10.2 Å². The fourth-order valence-electron chi connectivity index (χ4n) is 5.69. The van der Waals surface area contributed by atoms with Gasteiger partial charge in [-0.2, -0.15) is 0 Å². The maximum atomic E-state index is 10.1. The Labute approximate surface area is 260 Å². The van der Waals surface area contributed by atoms with Crippen LogP contribution in [0.4, 0.5) is 0 Å². The minimum Gasteiger partial charge on any atom is -0.390 e. The molecule has 0 saturated carbocycles. The molecule has 1 aliphatic carbocycles. The van der Waals surface area contributed by atoms with Gasteiger partial charge in [-0.3, -0.25) is 0 Å². The van der Waals surface area contributed by atoms with Gasteiger partial charge in [0, 0.05) is 12.1 Å². The molecule has 0 fully saturated rings. The van der Waals surface area contributed by atoms with Crippen LogP contribution in [-0.4, -0.2) is 46.6 Å². The average molecular weight is 585 g/mol. The minimum atomic E-state index is -0.623. The summed E-state index contributed by atoms with van der Waals surface area (Å²) in [5.41, 5.74) is 4.50. The first-order chi connectivity index (χ1) is 19.3. The van der Waals surface area contributed by atoms with Crippen LogP contribution in [-0.2, 0) is 0 Å². The third kappa shape index (κ3) is 18.3. The lowest BCUT2D eigenvalue weighted by Gasteiger charge is -2.30. The smallest absolute Gasteiger partial charge is 0.0606 e. The van der Waals surface area contributed by atoms with Gasteiger partial charge in [-0.1, -0.05) is 94.7 Å². The van der Waals surface area contributed by atoms with E-state index in [0.717, 1.165) is 38.8 Å². The lowest BCUT2D eigenvalue weighted by Crippen LogP contribution is -2.39. The van der Waals surface area contributed by atoms with Crippen LogP contribution in [0.1, 0.15) is 132 Å². The zero-order valence-corrected chi connectivity index (χ0v) is 29.5. The Balaban J connectivity index is 0.000000420. The van der Waals surface area contributed by atoms with Crippen molar-refractivity contribution in [3.05, 3.63) is 58.7 Å². The number of rotatable bonds is 16. The molecule has 1 aromatic carbocycles. The number of hydrogen-bond donors (Lipinski definition) is 4. The number of benzene rings is 1. The van der Waals surface area contributed by atoms with E-state index in [1.165, 1.54) is 29.5 Å². The SMILES string of the molecule is CC1=CC=C([C@@H](C)CC(CC(C)(C)O)NCC(C)C)CC1.Cc1ccc([C@@H](C)CC(CC(C)(C)O)NCC(C)C)cc1. The summed E-state index contributed by atoms with van der Waals surface area (Å²) < 4.78 is 0. The van der Waals surface area contributed by atoms with Crippen molar-refractivity contribution in [2.24, 2.45) is 17.8 Å². The lowest BCUT2D eigenvalue weighted by molar-refractivity contribution is 0.0557. The van der Waals surface area contributed by atoms with E-state index in [1.807, 2.05) is 27.7 Å². The van der Waals surface area contributed by atoms with Gasteiger partial charge in [-0.05, 0) is 122 Å². The van der Waals surface area contributed by atoms with Crippen molar-refractivity contribution in [2.45, 2.75) is 151 Å². The normalized spacial score (nSPS) is 17.2. The van der Waals surface area contributed by atoms with Crippen molar-refractivity contribution in [2.75, 3.05) is 13.1 Å². The fourth-order valence-corrected chi connectivity index (χ4v) is 5.69. The molecule has 2 rings (SSSR count). The molecule has 0 heterocycles. The van der Waals surface area contributed by atoms with Crippen molar-refractivity contribution in [3.63, 3.8) is 0 Å². The predicted molar refractivity (Wildman–Crippen MR) is 184 cm³/mol. The molecule has 0 saturated heterocycles. The van der Waals surface area contributed by atoms with Crippen molar-refractivity contribution in [3.8, 4) is 0 Å². The number of aliphatic hydroxyl groups is 2. The Hall–Kier alpha value is -1.46. The molecule has 2 unspecified atom stereocenters. The standard InChI is InChI=1S/C19H35NO.C19H33NO/c2*1-14(2)13-20-18(12-19(5,6)21)11-16(4)17-9-7-15(3)8-10-17/h7,9,14,16,18,20-21H,8,10-13H2,1-6H3;7-10,14,16,18,20-21H,11-13H2,1-6H3/t2*16-,18?/m00/s1. The molecule has 4 N–H and O–H groups in total. The third-order valence-corrected chi connectivity index (χ3v) is 8.07. The maximum absolute atomic E-state index is 10.1. The van der Waals surface area contributed by atoms with E-state index in [1.54, 1.807) is 5.57 Å². The zero-order chi connectivity index (χ0) is 32.1. The summed E-state index contributed by atoms with van der Waals surface area (Å²) in [6.07, 6.45) is 10.7. The number of aryl methyl sites for hydroxylation is 1. The van der Waals surface area contributed by atoms with Gasteiger partial charge in [0.25, 0.3) is 0 Å². The van der Waals surface area contributed by atoms with E-state index in [2.05, 4.69) is 102 Å². The summed E-state index contributed by atoms with van der Waals surface area (Å²) in [6, 6.07) is 9.54. The van der Waals surface area contributed by atoms with Crippen LogP contribution >= 0.6 is 0 Å². The Kier molecular flexibility index (Phi) is 16.9. The topological polar surface area (TPSA) is 64.5 Å². The summed E-state index contributed by atoms with van der Waals surface area (Å²) in [7, 11) is 0. The first kappa shape index (κ1) is 38.6. The van der Waals surface area contributed by atoms with Gasteiger partial charge in [0.2, 0.25) is 0 Å². The summed E-state index contributed by atoms with van der Waals surface area (Å²) >= 11 is 0. The van der Waals surface area contributed by atoms with E-state index < -0.39 is 11.2 Å². The van der Waals surface area contributed by atoms with E-state index >= 15 is 0 Å². The van der Waals surface area contributed by atoms with E-state index in [-0.39, 0.29) is 0 Å². The predicted octanol–water partition coefficient (Wildman–Crippen LogP) is 8.72. The number of hydrogen-bond acceptors (Lipinski definition) is 4. The molecule has 0 aromatic heterocycles. The zero-order valence-electron chi connectivity index (χ0n) is 29.5. The highest BCUT2D eigenvalue weighted by Gasteiger charge is 2.24. The highest BCUT2D eigenvalue weighted by atomic mass is 16.3. The molecular weight excluding hydrogens is 516 g/mol. The van der Waals surface area contributed by atoms with Crippen LogP contribution in [0.2, 0.25) is 0 Å². The average Bonchev–Trinajstić information content (AvgIpc) is 2.85. The first-order valence-corrected chi connectivity index (χ1v) is 16.7. The Bertz CT molecular complexity index is 931. The molecular formula is C38H68N2O2. The van der Waals surface area contributed by atoms with Gasteiger partial charge in [0.1, 0.15) is 0 Å². The Morgan fingerprint density at radius 1 is 0.667 bits per heavy atom. The second kappa shape index (κ2) is 18.4. The lowest BCUT2D eigenvalue weighted by atomic mass is 9.84. The van der Waals surface area contributed by atoms with Gasteiger partial charge >= 0.3 is 0 Å². The molecule has 0 amide bonds. The summed E-state index contributed by atoms with van der Waals surface area (Å²) in [6.45, 7) is 27.5. The van der Waals surface area contributed by atoms with Crippen molar-refractivity contribution in [1.29, 1.82) is 0 Å². The molecule has 0 aliphatic heterocycles. The minimum absolute atomic E-state index is 0.351. The third-order valence-electron chi connectivity index (χ3n) is 8.07. The summed E-state index contributed by atoms with van der Waals surface area (Å²) in [5, 5.41) is 27.6. The van der Waals surface area contributed by atoms with E-state index in [9.17, 15) is 10.2 Å². The van der Waals surface area contributed by atoms with Gasteiger partial charge in [-0.15, -0.1) is 0 Å². The highest BCUT2D eigenvalue weighted by molar-refractivity contribution is 5.25. The van der Waals surface area contributed by atoms with Gasteiger partial charge in [0.15, 0.2) is 0 Å². The molecule has 42 heavy (non-hydrogen) atoms.